The third kappa shape index (κ3) is 1.42. The van der Waals surface area contributed by atoms with Crippen LogP contribution in [0.25, 0.3) is 5.52 Å². The zero-order valence-corrected chi connectivity index (χ0v) is 9.11. The highest BCUT2D eigenvalue weighted by Gasteiger charge is 2.00. The van der Waals surface area contributed by atoms with Crippen LogP contribution in [0.2, 0.25) is 0 Å². The molecule has 0 aromatic carbocycles. The largest absolute Gasteiger partial charge is 0.497 e. The van der Waals surface area contributed by atoms with E-state index in [0.29, 0.717) is 4.47 Å². The van der Waals surface area contributed by atoms with E-state index in [4.69, 9.17) is 4.74 Å². The predicted molar refractivity (Wildman–Crippen MR) is 57.9 cm³/mol. The molecule has 3 nitrogen and oxygen atoms in total. The van der Waals surface area contributed by atoms with Gasteiger partial charge in [-0.3, -0.25) is 9.20 Å². The van der Waals surface area contributed by atoms with Crippen molar-refractivity contribution in [2.24, 2.45) is 0 Å². The summed E-state index contributed by atoms with van der Waals surface area (Å²) in [5.41, 5.74) is 0.753. The Morgan fingerprint density at radius 1 is 1.36 bits per heavy atom. The Morgan fingerprint density at radius 2 is 2.14 bits per heavy atom. The number of pyridine rings is 2. The van der Waals surface area contributed by atoms with E-state index in [2.05, 4.69) is 15.9 Å². The number of rotatable bonds is 1. The van der Waals surface area contributed by atoms with E-state index in [1.54, 1.807) is 29.8 Å². The van der Waals surface area contributed by atoms with Crippen molar-refractivity contribution in [2.75, 3.05) is 7.11 Å². The molecular formula is C10H8BrNO2. The fourth-order valence-electron chi connectivity index (χ4n) is 1.28. The number of aromatic nitrogens is 1. The van der Waals surface area contributed by atoms with Gasteiger partial charge in [0.1, 0.15) is 5.75 Å². The summed E-state index contributed by atoms with van der Waals surface area (Å²) in [4.78, 5) is 11.6. The number of fused-ring (bicyclic) bond motifs is 1. The van der Waals surface area contributed by atoms with Gasteiger partial charge in [-0.05, 0) is 34.1 Å². The number of hydrogen-bond donors (Lipinski definition) is 0. The molecule has 2 rings (SSSR count). The summed E-state index contributed by atoms with van der Waals surface area (Å²) in [6.07, 6.45) is 1.70. The molecule has 0 saturated carbocycles. The highest BCUT2D eigenvalue weighted by molar-refractivity contribution is 9.10. The van der Waals surface area contributed by atoms with Crippen molar-refractivity contribution in [3.63, 3.8) is 0 Å². The average Bonchev–Trinajstić information content (AvgIpc) is 2.23. The molecule has 0 bridgehead atoms. The normalized spacial score (nSPS) is 10.4. The van der Waals surface area contributed by atoms with Gasteiger partial charge in [0.2, 0.25) is 0 Å². The van der Waals surface area contributed by atoms with Crippen molar-refractivity contribution in [1.29, 1.82) is 0 Å². The Bertz CT molecular complexity index is 533. The van der Waals surface area contributed by atoms with E-state index < -0.39 is 0 Å². The number of nitrogens with zero attached hydrogens (tertiary/aromatic N) is 1. The molecular weight excluding hydrogens is 246 g/mol. The van der Waals surface area contributed by atoms with Crippen LogP contribution in [0.15, 0.2) is 39.7 Å². The Balaban J connectivity index is 2.81. The molecule has 14 heavy (non-hydrogen) atoms. The van der Waals surface area contributed by atoms with Crippen LogP contribution in [-0.2, 0) is 0 Å². The van der Waals surface area contributed by atoms with Crippen LogP contribution >= 0.6 is 15.9 Å². The molecule has 2 aromatic heterocycles. The lowest BCUT2D eigenvalue weighted by Gasteiger charge is -2.03. The fraction of sp³-hybridized carbons (Fsp3) is 0.100. The van der Waals surface area contributed by atoms with E-state index in [1.165, 1.54) is 0 Å². The van der Waals surface area contributed by atoms with Gasteiger partial charge in [-0.1, -0.05) is 0 Å². The third-order valence-corrected chi connectivity index (χ3v) is 2.62. The Morgan fingerprint density at radius 3 is 2.86 bits per heavy atom. The predicted octanol–water partition coefficient (Wildman–Crippen LogP) is 2.07. The first-order chi connectivity index (χ1) is 6.72. The van der Waals surface area contributed by atoms with Gasteiger partial charge in [-0.15, -0.1) is 0 Å². The number of methoxy groups -OCH3 is 1. The van der Waals surface area contributed by atoms with Crippen LogP contribution in [0.3, 0.4) is 0 Å². The maximum atomic E-state index is 11.6. The second kappa shape index (κ2) is 3.46. The summed E-state index contributed by atoms with van der Waals surface area (Å²) in [6.45, 7) is 0. The van der Waals surface area contributed by atoms with Gasteiger partial charge < -0.3 is 4.74 Å². The molecule has 4 heteroatoms. The van der Waals surface area contributed by atoms with E-state index in [0.717, 1.165) is 11.3 Å². The number of hydrogen-bond acceptors (Lipinski definition) is 2. The van der Waals surface area contributed by atoms with Gasteiger partial charge in [-0.2, -0.15) is 0 Å². The molecule has 0 radical (unpaired) electrons. The first-order valence-electron chi connectivity index (χ1n) is 4.07. The van der Waals surface area contributed by atoms with Crippen LogP contribution in [0, 0.1) is 0 Å². The molecule has 0 atom stereocenters. The lowest BCUT2D eigenvalue weighted by Crippen LogP contribution is -2.13. The lowest BCUT2D eigenvalue weighted by atomic mass is 10.3. The van der Waals surface area contributed by atoms with Crippen molar-refractivity contribution in [3.05, 3.63) is 45.3 Å². The van der Waals surface area contributed by atoms with Gasteiger partial charge >= 0.3 is 0 Å². The molecule has 0 aliphatic rings. The van der Waals surface area contributed by atoms with E-state index in [-0.39, 0.29) is 5.56 Å². The van der Waals surface area contributed by atoms with Crippen LogP contribution in [0.5, 0.6) is 5.75 Å². The topological polar surface area (TPSA) is 30.7 Å². The Labute approximate surface area is 89.1 Å². The summed E-state index contributed by atoms with van der Waals surface area (Å²) in [5, 5.41) is 0. The molecule has 2 aromatic rings. The number of ether oxygens (including phenoxy) is 1. The maximum absolute atomic E-state index is 11.6. The molecule has 0 amide bonds. The van der Waals surface area contributed by atoms with Gasteiger partial charge in [0.25, 0.3) is 5.56 Å². The van der Waals surface area contributed by atoms with Crippen molar-refractivity contribution in [1.82, 2.24) is 4.40 Å². The van der Waals surface area contributed by atoms with Crippen LogP contribution in [0.4, 0.5) is 0 Å². The van der Waals surface area contributed by atoms with Crippen molar-refractivity contribution in [3.8, 4) is 5.75 Å². The zero-order chi connectivity index (χ0) is 10.1. The molecule has 0 spiro atoms. The highest BCUT2D eigenvalue weighted by Crippen LogP contribution is 2.14. The summed E-state index contributed by atoms with van der Waals surface area (Å²) in [6, 6.07) is 7.15. The smallest absolute Gasteiger partial charge is 0.269 e. The maximum Gasteiger partial charge on any atom is 0.269 e. The summed E-state index contributed by atoms with van der Waals surface area (Å²) >= 11 is 3.19. The first kappa shape index (κ1) is 9.27. The minimum absolute atomic E-state index is 0.0647. The second-order valence-corrected chi connectivity index (χ2v) is 3.70. The summed E-state index contributed by atoms with van der Waals surface area (Å²) in [5.74, 6) is 0.742. The van der Waals surface area contributed by atoms with Gasteiger partial charge in [-0.25, -0.2) is 0 Å². The molecule has 0 aliphatic carbocycles. The molecule has 0 N–H and O–H groups in total. The summed E-state index contributed by atoms with van der Waals surface area (Å²) in [7, 11) is 1.60. The number of halogens is 1. The Kier molecular flexibility index (Phi) is 2.29. The SMILES string of the molecule is COc1ccn2c(=O)c(Br)ccc2c1. The van der Waals surface area contributed by atoms with Crippen LogP contribution in [-0.4, -0.2) is 11.5 Å². The van der Waals surface area contributed by atoms with E-state index in [9.17, 15) is 4.79 Å². The van der Waals surface area contributed by atoms with Gasteiger partial charge in [0.15, 0.2) is 0 Å². The minimum atomic E-state index is -0.0647. The van der Waals surface area contributed by atoms with Crippen molar-refractivity contribution < 1.29 is 4.74 Å². The first-order valence-corrected chi connectivity index (χ1v) is 4.86. The molecule has 0 unspecified atom stereocenters. The molecule has 0 saturated heterocycles. The summed E-state index contributed by atoms with van der Waals surface area (Å²) < 4.78 is 7.18. The lowest BCUT2D eigenvalue weighted by molar-refractivity contribution is 0.414. The van der Waals surface area contributed by atoms with E-state index >= 15 is 0 Å². The van der Waals surface area contributed by atoms with Crippen molar-refractivity contribution in [2.45, 2.75) is 0 Å². The second-order valence-electron chi connectivity index (χ2n) is 2.85. The molecule has 2 heterocycles. The van der Waals surface area contributed by atoms with Gasteiger partial charge in [0, 0.05) is 12.3 Å². The van der Waals surface area contributed by atoms with Crippen molar-refractivity contribution >= 4 is 21.4 Å². The van der Waals surface area contributed by atoms with E-state index in [1.807, 2.05) is 12.1 Å². The fourth-order valence-corrected chi connectivity index (χ4v) is 1.61. The van der Waals surface area contributed by atoms with Crippen LogP contribution < -0.4 is 10.3 Å². The zero-order valence-electron chi connectivity index (χ0n) is 7.53. The molecule has 0 fully saturated rings. The monoisotopic (exact) mass is 253 g/mol. The van der Waals surface area contributed by atoms with Crippen LogP contribution in [0.1, 0.15) is 0 Å². The molecule has 0 aliphatic heterocycles. The highest BCUT2D eigenvalue weighted by atomic mass is 79.9. The molecule has 72 valence electrons. The third-order valence-electron chi connectivity index (χ3n) is 2.02. The average molecular weight is 254 g/mol. The Hall–Kier alpha value is -1.29. The van der Waals surface area contributed by atoms with Gasteiger partial charge in [0.05, 0.1) is 17.1 Å². The standard InChI is InChI=1S/C10H8BrNO2/c1-14-8-4-5-12-7(6-8)2-3-9(11)10(12)13/h2-6H,1H3. The quantitative estimate of drug-likeness (QED) is 0.779. The minimum Gasteiger partial charge on any atom is -0.497 e.